The minimum absolute atomic E-state index is 0.0107. The number of nitrogens with one attached hydrogen (secondary N) is 1. The standard InChI is InChI=1S/C22H25F3N2O6S2/c1-32-15-14-27-12-10-22(11-13-27,20(28)26-29)35(30,31)19-8-4-17(5-9-19)33-16-2-6-18(7-3-16)34(25)21(23)24/h2-9,29H,10-15H2,1H3,(H,26,28). The summed E-state index contributed by atoms with van der Waals surface area (Å²) in [5.41, 5.74) is 1.51. The second kappa shape index (κ2) is 11.5. The molecule has 0 aliphatic carbocycles. The highest BCUT2D eigenvalue weighted by molar-refractivity contribution is 8.11. The summed E-state index contributed by atoms with van der Waals surface area (Å²) in [6, 6.07) is 10.3. The molecular formula is C22H25F3N2O6S2. The molecule has 2 aromatic carbocycles. The quantitative estimate of drug-likeness (QED) is 0.218. The van der Waals surface area contributed by atoms with Crippen LogP contribution < -0.4 is 10.2 Å². The Morgan fingerprint density at radius 3 is 2.11 bits per heavy atom. The van der Waals surface area contributed by atoms with Crippen LogP contribution >= 0.6 is 10.9 Å². The zero-order valence-corrected chi connectivity index (χ0v) is 20.4. The average molecular weight is 535 g/mol. The lowest BCUT2D eigenvalue weighted by atomic mass is 9.95. The van der Waals surface area contributed by atoms with Gasteiger partial charge in [0.1, 0.15) is 11.5 Å². The summed E-state index contributed by atoms with van der Waals surface area (Å²) in [5, 5.41) is 6.96. The number of carbonyl (C=O) groups is 1. The number of carbonyl (C=O) groups excluding carboxylic acids is 1. The first kappa shape index (κ1) is 27.1. The Bertz CT molecular complexity index is 1160. The zero-order valence-electron chi connectivity index (χ0n) is 18.7. The van der Waals surface area contributed by atoms with Crippen LogP contribution in [0.5, 0.6) is 11.5 Å². The number of hydrogen-bond donors (Lipinski definition) is 2. The van der Waals surface area contributed by atoms with E-state index < -0.39 is 36.7 Å². The van der Waals surface area contributed by atoms with Gasteiger partial charge in [0.15, 0.2) is 14.6 Å². The van der Waals surface area contributed by atoms with Gasteiger partial charge in [0.25, 0.3) is 5.91 Å². The molecule has 8 nitrogen and oxygen atoms in total. The summed E-state index contributed by atoms with van der Waals surface area (Å²) in [7, 11) is -5.40. The molecule has 13 heteroatoms. The number of rotatable bonds is 9. The van der Waals surface area contributed by atoms with Gasteiger partial charge in [-0.2, -0.15) is 12.7 Å². The fourth-order valence-electron chi connectivity index (χ4n) is 3.84. The van der Waals surface area contributed by atoms with Crippen molar-refractivity contribution >= 4 is 32.0 Å². The molecule has 35 heavy (non-hydrogen) atoms. The molecule has 1 aliphatic heterocycles. The van der Waals surface area contributed by atoms with E-state index in [9.17, 15) is 31.1 Å². The van der Waals surface area contributed by atoms with Crippen LogP contribution in [0.1, 0.15) is 12.8 Å². The third-order valence-electron chi connectivity index (χ3n) is 5.84. The predicted octanol–water partition coefficient (Wildman–Crippen LogP) is 3.78. The molecule has 192 valence electrons. The van der Waals surface area contributed by atoms with E-state index >= 15 is 0 Å². The summed E-state index contributed by atoms with van der Waals surface area (Å²) in [4.78, 5) is 14.2. The van der Waals surface area contributed by atoms with Gasteiger partial charge in [-0.05, 0) is 61.4 Å². The molecule has 2 N–H and O–H groups in total. The first-order valence-corrected chi connectivity index (χ1v) is 13.1. The van der Waals surface area contributed by atoms with Gasteiger partial charge in [0.05, 0.1) is 22.4 Å². The molecule has 1 heterocycles. The van der Waals surface area contributed by atoms with E-state index in [4.69, 9.17) is 9.47 Å². The molecule has 2 aromatic rings. The molecule has 1 fully saturated rings. The fraction of sp³-hybridized carbons (Fsp3) is 0.364. The Labute approximate surface area is 203 Å². The third-order valence-corrected chi connectivity index (χ3v) is 9.31. The molecule has 0 spiro atoms. The molecule has 1 amide bonds. The van der Waals surface area contributed by atoms with Crippen molar-refractivity contribution in [1.29, 1.82) is 0 Å². The van der Waals surface area contributed by atoms with Gasteiger partial charge >= 0.3 is 5.37 Å². The van der Waals surface area contributed by atoms with E-state index in [1.807, 2.05) is 4.90 Å². The molecule has 1 unspecified atom stereocenters. The number of sulfone groups is 1. The van der Waals surface area contributed by atoms with Gasteiger partial charge < -0.3 is 14.4 Å². The number of piperidine rings is 1. The summed E-state index contributed by atoms with van der Waals surface area (Å²) < 4.78 is 74.1. The predicted molar refractivity (Wildman–Crippen MR) is 125 cm³/mol. The highest BCUT2D eigenvalue weighted by Gasteiger charge is 2.52. The lowest BCUT2D eigenvalue weighted by Gasteiger charge is -2.39. The number of hydroxylamine groups is 1. The number of hydrogen-bond acceptors (Lipinski definition) is 7. The zero-order chi connectivity index (χ0) is 25.6. The molecule has 1 saturated heterocycles. The largest absolute Gasteiger partial charge is 0.457 e. The first-order valence-electron chi connectivity index (χ1n) is 10.5. The first-order chi connectivity index (χ1) is 16.6. The normalized spacial score (nSPS) is 16.9. The summed E-state index contributed by atoms with van der Waals surface area (Å²) in [5.74, 6) is -0.507. The molecule has 0 radical (unpaired) electrons. The average Bonchev–Trinajstić information content (AvgIpc) is 2.87. The van der Waals surface area contributed by atoms with E-state index in [0.29, 0.717) is 26.2 Å². The highest BCUT2D eigenvalue weighted by Crippen LogP contribution is 2.37. The van der Waals surface area contributed by atoms with E-state index in [0.717, 1.165) is 0 Å². The van der Waals surface area contributed by atoms with E-state index in [-0.39, 0.29) is 34.1 Å². The minimum Gasteiger partial charge on any atom is -0.457 e. The number of likely N-dealkylation sites (tertiary alicyclic amines) is 1. The lowest BCUT2D eigenvalue weighted by molar-refractivity contribution is -0.133. The smallest absolute Gasteiger partial charge is 0.328 e. The summed E-state index contributed by atoms with van der Waals surface area (Å²) in [6.45, 7) is 1.72. The molecule has 0 saturated carbocycles. The number of methoxy groups -OCH3 is 1. The second-order valence-corrected chi connectivity index (χ2v) is 11.4. The number of amides is 1. The topological polar surface area (TPSA) is 105 Å². The SMILES string of the molecule is COCCN1CCC(C(=O)NO)(S(=O)(=O)c2ccc(Oc3ccc(S(F)=C(F)F)cc3)cc2)CC1. The van der Waals surface area contributed by atoms with Gasteiger partial charge in [0, 0.05) is 31.6 Å². The second-order valence-electron chi connectivity index (χ2n) is 7.80. The maximum absolute atomic E-state index is 13.5. The Morgan fingerprint density at radius 1 is 1.09 bits per heavy atom. The van der Waals surface area contributed by atoms with Crippen molar-refractivity contribution < 1.29 is 40.6 Å². The Balaban J connectivity index is 1.78. The van der Waals surface area contributed by atoms with Gasteiger partial charge in [-0.25, -0.2) is 13.9 Å². The van der Waals surface area contributed by atoms with Gasteiger partial charge in [-0.1, -0.05) is 0 Å². The summed E-state index contributed by atoms with van der Waals surface area (Å²) in [6.07, 6.45) is -0.0215. The van der Waals surface area contributed by atoms with Crippen LogP contribution in [-0.4, -0.2) is 67.9 Å². The number of ether oxygens (including phenoxy) is 2. The van der Waals surface area contributed by atoms with Crippen LogP contribution in [0, 0.1) is 0 Å². The van der Waals surface area contributed by atoms with Crippen molar-refractivity contribution in [2.75, 3.05) is 33.4 Å². The summed E-state index contributed by atoms with van der Waals surface area (Å²) >= 11 is 0. The van der Waals surface area contributed by atoms with Crippen LogP contribution in [0.3, 0.4) is 0 Å². The van der Waals surface area contributed by atoms with Crippen LogP contribution in [0.2, 0.25) is 0 Å². The van der Waals surface area contributed by atoms with Crippen molar-refractivity contribution in [3.8, 4) is 11.5 Å². The Morgan fingerprint density at radius 2 is 1.63 bits per heavy atom. The Kier molecular flexibility index (Phi) is 8.94. The highest BCUT2D eigenvalue weighted by atomic mass is 32.2. The molecule has 1 aliphatic rings. The lowest BCUT2D eigenvalue weighted by Crippen LogP contribution is -2.57. The van der Waals surface area contributed by atoms with Crippen LogP contribution in [-0.2, 0) is 19.4 Å². The minimum atomic E-state index is -4.19. The molecule has 3 rings (SSSR count). The van der Waals surface area contributed by atoms with Gasteiger partial charge in [-0.15, -0.1) is 0 Å². The van der Waals surface area contributed by atoms with E-state index in [1.54, 1.807) is 7.11 Å². The fourth-order valence-corrected chi connectivity index (χ4v) is 6.35. The van der Waals surface area contributed by atoms with Crippen molar-refractivity contribution in [1.82, 2.24) is 10.4 Å². The van der Waals surface area contributed by atoms with Crippen molar-refractivity contribution in [2.45, 2.75) is 27.4 Å². The number of nitrogens with zero attached hydrogens (tertiary/aromatic N) is 1. The maximum Gasteiger partial charge on any atom is 0.328 e. The van der Waals surface area contributed by atoms with E-state index in [1.165, 1.54) is 54.0 Å². The third kappa shape index (κ3) is 5.86. The molecule has 1 atom stereocenters. The monoisotopic (exact) mass is 534 g/mol. The van der Waals surface area contributed by atoms with Gasteiger partial charge in [-0.3, -0.25) is 10.0 Å². The number of benzene rings is 2. The van der Waals surface area contributed by atoms with Crippen molar-refractivity contribution in [2.24, 2.45) is 0 Å². The van der Waals surface area contributed by atoms with Crippen LogP contribution in [0.15, 0.2) is 58.3 Å². The molecule has 0 aromatic heterocycles. The van der Waals surface area contributed by atoms with Crippen LogP contribution in [0.25, 0.3) is 0 Å². The Hall–Kier alpha value is -2.45. The maximum atomic E-state index is 13.5. The molecule has 0 bridgehead atoms. The van der Waals surface area contributed by atoms with E-state index in [2.05, 4.69) is 0 Å². The van der Waals surface area contributed by atoms with Crippen LogP contribution in [0.4, 0.5) is 12.7 Å². The molecular weight excluding hydrogens is 509 g/mol. The van der Waals surface area contributed by atoms with Crippen molar-refractivity contribution in [3.63, 3.8) is 0 Å². The van der Waals surface area contributed by atoms with Gasteiger partial charge in [0.2, 0.25) is 0 Å². The van der Waals surface area contributed by atoms with Crippen molar-refractivity contribution in [3.05, 3.63) is 48.5 Å². The number of halogens is 3.